The first-order valence-corrected chi connectivity index (χ1v) is 7.89. The van der Waals surface area contributed by atoms with Crippen LogP contribution in [-0.4, -0.2) is 47.5 Å². The number of nitrogens with two attached hydrogens (primary N) is 1. The summed E-state index contributed by atoms with van der Waals surface area (Å²) in [6, 6.07) is 2.37. The third kappa shape index (κ3) is 2.40. The molecule has 0 unspecified atom stereocenters. The van der Waals surface area contributed by atoms with Crippen molar-refractivity contribution < 1.29 is 0 Å². The minimum Gasteiger partial charge on any atom is -0.366 e. The molecule has 3 heterocycles. The van der Waals surface area contributed by atoms with E-state index in [9.17, 15) is 0 Å². The van der Waals surface area contributed by atoms with E-state index in [0.29, 0.717) is 6.54 Å². The van der Waals surface area contributed by atoms with Crippen LogP contribution in [0.25, 0.3) is 5.65 Å². The molecule has 1 aliphatic carbocycles. The van der Waals surface area contributed by atoms with Crippen LogP contribution in [0, 0.1) is 0 Å². The maximum absolute atomic E-state index is 5.77. The highest BCUT2D eigenvalue weighted by atomic mass is 15.3. The van der Waals surface area contributed by atoms with Gasteiger partial charge in [0.25, 0.3) is 0 Å². The lowest BCUT2D eigenvalue weighted by molar-refractivity contribution is 0.313. The molecule has 0 bridgehead atoms. The second-order valence-electron chi connectivity index (χ2n) is 6.39. The van der Waals surface area contributed by atoms with Gasteiger partial charge >= 0.3 is 0 Å². The summed E-state index contributed by atoms with van der Waals surface area (Å²) >= 11 is 0. The molecule has 21 heavy (non-hydrogen) atoms. The van der Waals surface area contributed by atoms with Crippen molar-refractivity contribution >= 4 is 11.3 Å². The standard InChI is InChI=1S/C16H23N5/c1-19-4-6-20(7-5-19)15-8-13(12-2-3-12)10-21-11-14(9-17)18-16(15)21/h8,10-12H,2-7,9,17H2,1H3. The van der Waals surface area contributed by atoms with E-state index in [2.05, 4.69) is 39.7 Å². The molecule has 2 aromatic heterocycles. The Kier molecular flexibility index (Phi) is 3.12. The van der Waals surface area contributed by atoms with Gasteiger partial charge in [0.05, 0.1) is 11.4 Å². The largest absolute Gasteiger partial charge is 0.366 e. The zero-order valence-corrected chi connectivity index (χ0v) is 12.6. The molecule has 1 saturated carbocycles. The van der Waals surface area contributed by atoms with Crippen LogP contribution in [0.2, 0.25) is 0 Å². The summed E-state index contributed by atoms with van der Waals surface area (Å²) in [7, 11) is 2.19. The Morgan fingerprint density at radius 1 is 1.19 bits per heavy atom. The number of piperazine rings is 1. The summed E-state index contributed by atoms with van der Waals surface area (Å²) in [4.78, 5) is 9.59. The highest BCUT2D eigenvalue weighted by molar-refractivity contribution is 5.71. The molecule has 2 fully saturated rings. The van der Waals surface area contributed by atoms with E-state index < -0.39 is 0 Å². The van der Waals surface area contributed by atoms with Gasteiger partial charge in [-0.2, -0.15) is 0 Å². The minimum absolute atomic E-state index is 0.503. The number of anilines is 1. The van der Waals surface area contributed by atoms with Crippen molar-refractivity contribution in [2.24, 2.45) is 5.73 Å². The van der Waals surface area contributed by atoms with Crippen LogP contribution >= 0.6 is 0 Å². The van der Waals surface area contributed by atoms with Crippen LogP contribution in [0.5, 0.6) is 0 Å². The normalized spacial score (nSPS) is 20.4. The van der Waals surface area contributed by atoms with Gasteiger partial charge in [0, 0.05) is 45.1 Å². The van der Waals surface area contributed by atoms with Crippen molar-refractivity contribution in [2.75, 3.05) is 38.1 Å². The Balaban J connectivity index is 1.78. The van der Waals surface area contributed by atoms with E-state index >= 15 is 0 Å². The fourth-order valence-corrected chi connectivity index (χ4v) is 3.17. The van der Waals surface area contributed by atoms with Gasteiger partial charge in [-0.15, -0.1) is 0 Å². The van der Waals surface area contributed by atoms with Crippen LogP contribution in [0.3, 0.4) is 0 Å². The van der Waals surface area contributed by atoms with Crippen LogP contribution in [0.4, 0.5) is 5.69 Å². The monoisotopic (exact) mass is 285 g/mol. The van der Waals surface area contributed by atoms with E-state index in [4.69, 9.17) is 10.7 Å². The fraction of sp³-hybridized carbons (Fsp3) is 0.562. The molecule has 2 N–H and O–H groups in total. The average Bonchev–Trinajstić information content (AvgIpc) is 3.26. The predicted octanol–water partition coefficient (Wildman–Crippen LogP) is 1.42. The summed E-state index contributed by atoms with van der Waals surface area (Å²) < 4.78 is 2.18. The lowest BCUT2D eigenvalue weighted by Gasteiger charge is -2.34. The molecule has 0 atom stereocenters. The molecule has 2 aromatic rings. The van der Waals surface area contributed by atoms with E-state index in [0.717, 1.165) is 43.4 Å². The van der Waals surface area contributed by atoms with E-state index in [1.54, 1.807) is 0 Å². The molecular weight excluding hydrogens is 262 g/mol. The van der Waals surface area contributed by atoms with Gasteiger partial charge in [0.15, 0.2) is 5.65 Å². The number of fused-ring (bicyclic) bond motifs is 1. The molecule has 0 amide bonds. The topological polar surface area (TPSA) is 49.8 Å². The molecule has 2 aliphatic rings. The summed E-state index contributed by atoms with van der Waals surface area (Å²) in [5.41, 5.74) is 10.5. The van der Waals surface area contributed by atoms with Gasteiger partial charge in [-0.05, 0) is 37.4 Å². The number of imidazole rings is 1. The highest BCUT2D eigenvalue weighted by Crippen LogP contribution is 2.41. The van der Waals surface area contributed by atoms with Gasteiger partial charge < -0.3 is 19.9 Å². The number of hydrogen-bond acceptors (Lipinski definition) is 4. The maximum Gasteiger partial charge on any atom is 0.160 e. The zero-order valence-electron chi connectivity index (χ0n) is 12.6. The summed E-state index contributed by atoms with van der Waals surface area (Å²) in [5.74, 6) is 0.754. The van der Waals surface area contributed by atoms with Crippen molar-refractivity contribution in [3.8, 4) is 0 Å². The maximum atomic E-state index is 5.77. The van der Waals surface area contributed by atoms with E-state index in [1.165, 1.54) is 24.1 Å². The first-order chi connectivity index (χ1) is 10.2. The van der Waals surface area contributed by atoms with Gasteiger partial charge in [-0.3, -0.25) is 0 Å². The van der Waals surface area contributed by atoms with E-state index in [1.807, 2.05) is 0 Å². The van der Waals surface area contributed by atoms with Crippen LogP contribution in [-0.2, 0) is 6.54 Å². The summed E-state index contributed by atoms with van der Waals surface area (Å²) in [5, 5.41) is 0. The first-order valence-electron chi connectivity index (χ1n) is 7.89. The van der Waals surface area contributed by atoms with Gasteiger partial charge in [0.1, 0.15) is 0 Å². The lowest BCUT2D eigenvalue weighted by Crippen LogP contribution is -2.44. The van der Waals surface area contributed by atoms with Crippen molar-refractivity contribution in [3.05, 3.63) is 29.7 Å². The molecule has 5 heteroatoms. The number of rotatable bonds is 3. The third-order valence-corrected chi connectivity index (χ3v) is 4.70. The molecule has 1 saturated heterocycles. The molecule has 4 rings (SSSR count). The predicted molar refractivity (Wildman–Crippen MR) is 84.8 cm³/mol. The van der Waals surface area contributed by atoms with E-state index in [-0.39, 0.29) is 0 Å². The molecule has 0 aromatic carbocycles. The third-order valence-electron chi connectivity index (χ3n) is 4.70. The van der Waals surface area contributed by atoms with Crippen molar-refractivity contribution in [1.82, 2.24) is 14.3 Å². The summed E-state index contributed by atoms with van der Waals surface area (Å²) in [6.45, 7) is 4.88. The smallest absolute Gasteiger partial charge is 0.160 e. The number of pyridine rings is 1. The second-order valence-corrected chi connectivity index (χ2v) is 6.39. The van der Waals surface area contributed by atoms with Crippen LogP contribution in [0.1, 0.15) is 30.0 Å². The second kappa shape index (κ2) is 5.00. The van der Waals surface area contributed by atoms with Crippen molar-refractivity contribution in [3.63, 3.8) is 0 Å². The zero-order chi connectivity index (χ0) is 14.4. The van der Waals surface area contributed by atoms with Crippen molar-refractivity contribution in [2.45, 2.75) is 25.3 Å². The Hall–Kier alpha value is -1.59. The molecule has 5 nitrogen and oxygen atoms in total. The molecule has 0 spiro atoms. The number of hydrogen-bond donors (Lipinski definition) is 1. The SMILES string of the molecule is CN1CCN(c2cc(C3CC3)cn3cc(CN)nc23)CC1. The molecule has 1 aliphatic heterocycles. The molecule has 112 valence electrons. The fourth-order valence-electron chi connectivity index (χ4n) is 3.17. The quantitative estimate of drug-likeness (QED) is 0.926. The van der Waals surface area contributed by atoms with Gasteiger partial charge in [-0.25, -0.2) is 4.98 Å². The molecular formula is C16H23N5. The van der Waals surface area contributed by atoms with Gasteiger partial charge in [-0.1, -0.05) is 0 Å². The Labute approximate surface area is 125 Å². The Morgan fingerprint density at radius 2 is 1.95 bits per heavy atom. The lowest BCUT2D eigenvalue weighted by atomic mass is 10.1. The van der Waals surface area contributed by atoms with Crippen LogP contribution < -0.4 is 10.6 Å². The summed E-state index contributed by atoms with van der Waals surface area (Å²) in [6.07, 6.45) is 6.98. The first kappa shape index (κ1) is 13.1. The number of likely N-dealkylation sites (N-methyl/N-ethyl adjacent to an activating group) is 1. The Morgan fingerprint density at radius 3 is 2.62 bits per heavy atom. The Bertz CT molecular complexity index is 650. The number of aromatic nitrogens is 2. The van der Waals surface area contributed by atoms with Gasteiger partial charge in [0.2, 0.25) is 0 Å². The minimum atomic E-state index is 0.503. The van der Waals surface area contributed by atoms with Crippen LogP contribution in [0.15, 0.2) is 18.5 Å². The molecule has 0 radical (unpaired) electrons. The highest BCUT2D eigenvalue weighted by Gasteiger charge is 2.26. The average molecular weight is 285 g/mol. The number of nitrogens with zero attached hydrogens (tertiary/aromatic N) is 4. The van der Waals surface area contributed by atoms with Crippen molar-refractivity contribution in [1.29, 1.82) is 0 Å².